The van der Waals surface area contributed by atoms with E-state index in [1.807, 2.05) is 12.1 Å². The standard InChI is InChI=1S/C18H23NO2/c1-18-9-8-14-13-5-3-12(20)10-11(13)2-4-15(14)16(18)6-7-17(18)19-21/h3,5,10,14-16,20-21H,2,4,6-9H2,1H3/t14-,15-,16+,18+/m1/s1. The lowest BCUT2D eigenvalue weighted by Crippen LogP contribution is -2.42. The molecule has 112 valence electrons. The van der Waals surface area contributed by atoms with Gasteiger partial charge in [0.1, 0.15) is 5.75 Å². The number of fused-ring (bicyclic) bond motifs is 5. The molecule has 3 aliphatic carbocycles. The summed E-state index contributed by atoms with van der Waals surface area (Å²) in [6, 6.07) is 5.93. The normalized spacial score (nSPS) is 39.7. The van der Waals surface area contributed by atoms with Crippen LogP contribution in [0.4, 0.5) is 0 Å². The van der Waals surface area contributed by atoms with Crippen molar-refractivity contribution in [2.24, 2.45) is 22.4 Å². The Morgan fingerprint density at radius 2 is 2.05 bits per heavy atom. The van der Waals surface area contributed by atoms with Gasteiger partial charge in [-0.2, -0.15) is 0 Å². The summed E-state index contributed by atoms with van der Waals surface area (Å²) >= 11 is 0. The Kier molecular flexibility index (Phi) is 2.82. The average molecular weight is 285 g/mol. The predicted molar refractivity (Wildman–Crippen MR) is 81.9 cm³/mol. The van der Waals surface area contributed by atoms with E-state index in [4.69, 9.17) is 0 Å². The first-order valence-electron chi connectivity index (χ1n) is 8.16. The van der Waals surface area contributed by atoms with Crippen molar-refractivity contribution in [2.45, 2.75) is 51.4 Å². The molecular weight excluding hydrogens is 262 g/mol. The molecule has 1 aromatic rings. The Balaban J connectivity index is 1.72. The van der Waals surface area contributed by atoms with E-state index in [0.717, 1.165) is 25.0 Å². The molecule has 0 amide bonds. The fraction of sp³-hybridized carbons (Fsp3) is 0.611. The Morgan fingerprint density at radius 1 is 1.19 bits per heavy atom. The van der Waals surface area contributed by atoms with Gasteiger partial charge < -0.3 is 10.3 Å². The van der Waals surface area contributed by atoms with Gasteiger partial charge in [-0.3, -0.25) is 0 Å². The maximum Gasteiger partial charge on any atom is 0.115 e. The van der Waals surface area contributed by atoms with Crippen LogP contribution < -0.4 is 0 Å². The lowest BCUT2D eigenvalue weighted by Gasteiger charge is -2.48. The Labute approximate surface area is 125 Å². The van der Waals surface area contributed by atoms with Crippen LogP contribution in [0.5, 0.6) is 5.75 Å². The minimum Gasteiger partial charge on any atom is -0.508 e. The van der Waals surface area contributed by atoms with Crippen molar-refractivity contribution in [3.05, 3.63) is 29.3 Å². The second-order valence-electron chi connectivity index (χ2n) is 7.34. The Morgan fingerprint density at radius 3 is 2.86 bits per heavy atom. The summed E-state index contributed by atoms with van der Waals surface area (Å²) in [5.74, 6) is 2.39. The Bertz CT molecular complexity index is 609. The van der Waals surface area contributed by atoms with Crippen LogP contribution in [0.25, 0.3) is 0 Å². The zero-order valence-electron chi connectivity index (χ0n) is 12.5. The van der Waals surface area contributed by atoms with Crippen LogP contribution >= 0.6 is 0 Å². The molecule has 0 bridgehead atoms. The highest BCUT2D eigenvalue weighted by atomic mass is 16.4. The number of hydrogen-bond donors (Lipinski definition) is 2. The van der Waals surface area contributed by atoms with E-state index in [1.54, 1.807) is 0 Å². The molecule has 0 spiro atoms. The number of phenols is 1. The van der Waals surface area contributed by atoms with Gasteiger partial charge in [-0.1, -0.05) is 18.1 Å². The summed E-state index contributed by atoms with van der Waals surface area (Å²) in [6.45, 7) is 2.31. The maximum atomic E-state index is 9.70. The quantitative estimate of drug-likeness (QED) is 0.557. The van der Waals surface area contributed by atoms with E-state index >= 15 is 0 Å². The number of aryl methyl sites for hydroxylation is 1. The van der Waals surface area contributed by atoms with Crippen molar-refractivity contribution < 1.29 is 10.3 Å². The zero-order valence-corrected chi connectivity index (χ0v) is 12.5. The first-order chi connectivity index (χ1) is 10.1. The summed E-state index contributed by atoms with van der Waals surface area (Å²) in [5, 5.41) is 22.6. The third-order valence-electron chi connectivity index (χ3n) is 6.57. The molecule has 0 unspecified atom stereocenters. The minimum absolute atomic E-state index is 0.115. The van der Waals surface area contributed by atoms with Gasteiger partial charge in [0.25, 0.3) is 0 Å². The molecule has 2 N–H and O–H groups in total. The van der Waals surface area contributed by atoms with Gasteiger partial charge in [0, 0.05) is 5.41 Å². The summed E-state index contributed by atoms with van der Waals surface area (Å²) in [7, 11) is 0. The highest BCUT2D eigenvalue weighted by Gasteiger charge is 2.53. The maximum absolute atomic E-state index is 9.70. The molecule has 2 fully saturated rings. The van der Waals surface area contributed by atoms with Crippen LogP contribution in [0, 0.1) is 17.3 Å². The van der Waals surface area contributed by atoms with Crippen molar-refractivity contribution in [3.63, 3.8) is 0 Å². The van der Waals surface area contributed by atoms with Crippen molar-refractivity contribution in [1.29, 1.82) is 0 Å². The molecule has 0 heterocycles. The molecule has 3 aliphatic rings. The van der Waals surface area contributed by atoms with E-state index in [0.29, 0.717) is 23.5 Å². The fourth-order valence-electron chi connectivity index (χ4n) is 5.52. The van der Waals surface area contributed by atoms with E-state index in [2.05, 4.69) is 18.1 Å². The van der Waals surface area contributed by atoms with E-state index in [9.17, 15) is 10.3 Å². The number of benzene rings is 1. The van der Waals surface area contributed by atoms with E-state index < -0.39 is 0 Å². The van der Waals surface area contributed by atoms with Gasteiger partial charge in [0.2, 0.25) is 0 Å². The molecule has 4 atom stereocenters. The van der Waals surface area contributed by atoms with Crippen LogP contribution in [0.3, 0.4) is 0 Å². The molecule has 3 heteroatoms. The number of nitrogens with zero attached hydrogens (tertiary/aromatic N) is 1. The first kappa shape index (κ1) is 13.2. The third-order valence-corrected chi connectivity index (χ3v) is 6.57. The molecule has 0 aliphatic heterocycles. The zero-order chi connectivity index (χ0) is 14.6. The van der Waals surface area contributed by atoms with Crippen molar-refractivity contribution in [3.8, 4) is 5.75 Å². The smallest absolute Gasteiger partial charge is 0.115 e. The van der Waals surface area contributed by atoms with Gasteiger partial charge >= 0.3 is 0 Å². The van der Waals surface area contributed by atoms with Crippen molar-refractivity contribution in [2.75, 3.05) is 0 Å². The monoisotopic (exact) mass is 285 g/mol. The summed E-state index contributed by atoms with van der Waals surface area (Å²) < 4.78 is 0. The molecule has 4 rings (SSSR count). The van der Waals surface area contributed by atoms with Gasteiger partial charge in [-0.05, 0) is 79.5 Å². The third kappa shape index (κ3) is 1.76. The number of phenolic OH excluding ortho intramolecular Hbond substituents is 1. The topological polar surface area (TPSA) is 52.8 Å². The summed E-state index contributed by atoms with van der Waals surface area (Å²) in [5.41, 5.74) is 3.95. The molecule has 21 heavy (non-hydrogen) atoms. The molecule has 0 saturated heterocycles. The largest absolute Gasteiger partial charge is 0.508 e. The second kappa shape index (κ2) is 4.49. The number of oxime groups is 1. The molecular formula is C18H23NO2. The van der Waals surface area contributed by atoms with Crippen molar-refractivity contribution in [1.82, 2.24) is 0 Å². The van der Waals surface area contributed by atoms with E-state index in [1.165, 1.54) is 30.4 Å². The van der Waals surface area contributed by atoms with Crippen LogP contribution in [0.15, 0.2) is 23.4 Å². The van der Waals surface area contributed by atoms with Crippen molar-refractivity contribution >= 4 is 5.71 Å². The number of hydrogen-bond acceptors (Lipinski definition) is 3. The lowest BCUT2D eigenvalue weighted by molar-refractivity contribution is 0.0938. The second-order valence-corrected chi connectivity index (χ2v) is 7.34. The highest BCUT2D eigenvalue weighted by Crippen LogP contribution is 2.59. The number of aromatic hydroxyl groups is 1. The van der Waals surface area contributed by atoms with Gasteiger partial charge in [0.15, 0.2) is 0 Å². The Hall–Kier alpha value is -1.51. The van der Waals surface area contributed by atoms with Gasteiger partial charge in [0.05, 0.1) is 5.71 Å². The lowest BCUT2D eigenvalue weighted by atomic mass is 9.55. The van der Waals surface area contributed by atoms with Crippen LogP contribution in [0.2, 0.25) is 0 Å². The molecule has 2 saturated carbocycles. The first-order valence-corrected chi connectivity index (χ1v) is 8.16. The molecule has 0 radical (unpaired) electrons. The average Bonchev–Trinajstić information content (AvgIpc) is 2.83. The van der Waals surface area contributed by atoms with Crippen LogP contribution in [-0.2, 0) is 6.42 Å². The number of rotatable bonds is 0. The molecule has 0 aromatic heterocycles. The SMILES string of the molecule is C[C@]12CC[C@@H]3c4ccc(O)cc4CC[C@H]3[C@@H]1CCC2=NO. The van der Waals surface area contributed by atoms with Crippen LogP contribution in [0.1, 0.15) is 56.1 Å². The highest BCUT2D eigenvalue weighted by molar-refractivity contribution is 5.92. The fourth-order valence-corrected chi connectivity index (χ4v) is 5.52. The van der Waals surface area contributed by atoms with Crippen LogP contribution in [-0.4, -0.2) is 16.0 Å². The molecule has 1 aromatic carbocycles. The predicted octanol–water partition coefficient (Wildman–Crippen LogP) is 4.08. The summed E-state index contributed by atoms with van der Waals surface area (Å²) in [4.78, 5) is 0. The summed E-state index contributed by atoms with van der Waals surface area (Å²) in [6.07, 6.45) is 6.71. The minimum atomic E-state index is 0.115. The van der Waals surface area contributed by atoms with Gasteiger partial charge in [-0.15, -0.1) is 0 Å². The van der Waals surface area contributed by atoms with Gasteiger partial charge in [-0.25, -0.2) is 0 Å². The molecule has 3 nitrogen and oxygen atoms in total. The van der Waals surface area contributed by atoms with E-state index in [-0.39, 0.29) is 5.41 Å².